The Bertz CT molecular complexity index is 738. The Labute approximate surface area is 137 Å². The van der Waals surface area contributed by atoms with Gasteiger partial charge in [0.1, 0.15) is 36.2 Å². The molecule has 2 fully saturated rings. The first kappa shape index (κ1) is 15.2. The van der Waals surface area contributed by atoms with E-state index in [1.807, 2.05) is 18.4 Å². The summed E-state index contributed by atoms with van der Waals surface area (Å²) in [5, 5.41) is 6.77. The van der Waals surface area contributed by atoms with Crippen molar-refractivity contribution in [2.45, 2.75) is 44.2 Å². The van der Waals surface area contributed by atoms with Gasteiger partial charge in [0.15, 0.2) is 12.0 Å². The minimum absolute atomic E-state index is 0.168. The average molecular weight is 334 g/mol. The monoisotopic (exact) mass is 334 g/mol. The number of aliphatic imine (C=N–C) groups is 1. The largest absolute Gasteiger partial charge is 0.382 e. The highest BCUT2D eigenvalue weighted by Crippen LogP contribution is 2.44. The molecule has 0 aromatic carbocycles. The third kappa shape index (κ3) is 2.29. The minimum Gasteiger partial charge on any atom is -0.382 e. The van der Waals surface area contributed by atoms with Crippen molar-refractivity contribution in [1.29, 1.82) is 0 Å². The second-order valence-electron chi connectivity index (χ2n) is 6.27. The van der Waals surface area contributed by atoms with E-state index in [-0.39, 0.29) is 18.8 Å². The predicted molar refractivity (Wildman–Crippen MR) is 83.2 cm³/mol. The van der Waals surface area contributed by atoms with Crippen molar-refractivity contribution in [3.8, 4) is 0 Å². The number of nitrogens with zero attached hydrogens (tertiary/aromatic N) is 6. The highest BCUT2D eigenvalue weighted by atomic mass is 16.8. The Hall–Kier alpha value is -2.33. The number of rotatable bonds is 3. The summed E-state index contributed by atoms with van der Waals surface area (Å²) in [5.41, 5.74) is 15.1. The predicted octanol–water partition coefficient (Wildman–Crippen LogP) is 0.699. The van der Waals surface area contributed by atoms with Gasteiger partial charge in [-0.15, -0.1) is 0 Å². The van der Waals surface area contributed by atoms with Crippen molar-refractivity contribution in [2.75, 3.05) is 18.5 Å². The molecule has 3 N–H and O–H groups in total. The van der Waals surface area contributed by atoms with Crippen LogP contribution >= 0.6 is 0 Å². The Morgan fingerprint density at radius 3 is 3.08 bits per heavy atom. The number of imidazole rings is 1. The van der Waals surface area contributed by atoms with Gasteiger partial charge in [0.2, 0.25) is 0 Å². The first-order valence-electron chi connectivity index (χ1n) is 7.63. The van der Waals surface area contributed by atoms with Gasteiger partial charge in [-0.2, -0.15) is 0 Å². The third-order valence-electron chi connectivity index (χ3n) is 4.26. The lowest BCUT2D eigenvalue weighted by Crippen LogP contribution is -2.31. The zero-order chi connectivity index (χ0) is 16.9. The number of anilines is 1. The molecule has 4 atom stereocenters. The smallest absolute Gasteiger partial charge is 0.166 e. The van der Waals surface area contributed by atoms with Gasteiger partial charge >= 0.3 is 0 Å². The quantitative estimate of drug-likeness (QED) is 0.473. The van der Waals surface area contributed by atoms with E-state index in [0.717, 1.165) is 5.82 Å². The summed E-state index contributed by atoms with van der Waals surface area (Å²) < 4.78 is 19.8. The number of nitrogens with one attached hydrogen (secondary N) is 1. The number of fused-ring (bicyclic) bond motifs is 2. The summed E-state index contributed by atoms with van der Waals surface area (Å²) in [7, 11) is 0. The van der Waals surface area contributed by atoms with E-state index in [4.69, 9.17) is 25.5 Å². The SMILES string of the molecule is CC1(C)OC2[C@@H](CN=[N+]=[N-])O[C@@H](n3cnc4c3NCN=C4N)[C@H]2O1. The Morgan fingerprint density at radius 2 is 2.29 bits per heavy atom. The zero-order valence-electron chi connectivity index (χ0n) is 13.3. The van der Waals surface area contributed by atoms with E-state index < -0.39 is 18.1 Å². The maximum atomic E-state index is 8.59. The van der Waals surface area contributed by atoms with Crippen molar-refractivity contribution >= 4 is 11.7 Å². The molecule has 0 saturated carbocycles. The molecule has 0 spiro atoms. The molecule has 1 aromatic heterocycles. The first-order valence-corrected chi connectivity index (χ1v) is 7.63. The molecule has 1 unspecified atom stereocenters. The van der Waals surface area contributed by atoms with Gasteiger partial charge in [0.05, 0.1) is 19.0 Å². The Balaban J connectivity index is 1.68. The van der Waals surface area contributed by atoms with Crippen LogP contribution in [-0.4, -0.2) is 52.7 Å². The third-order valence-corrected chi connectivity index (χ3v) is 4.26. The lowest BCUT2D eigenvalue weighted by Gasteiger charge is -2.25. The fourth-order valence-electron chi connectivity index (χ4n) is 3.34. The van der Waals surface area contributed by atoms with Crippen molar-refractivity contribution in [1.82, 2.24) is 9.55 Å². The lowest BCUT2D eigenvalue weighted by molar-refractivity contribution is -0.195. The van der Waals surface area contributed by atoms with E-state index >= 15 is 0 Å². The van der Waals surface area contributed by atoms with Crippen LogP contribution in [0.5, 0.6) is 0 Å². The summed E-state index contributed by atoms with van der Waals surface area (Å²) in [5.74, 6) is 0.371. The standard InChI is InChI=1S/C13H18N8O3/c1-13(2)23-8-6(3-19-20-15)22-12(9(8)24-13)21-5-18-7-10(14)16-4-17-11(7)21/h5-6,8-9,12,17H,3-4H2,1-2H3,(H2,14,16)/t6-,8?,9+,12-/m1/s1. The maximum Gasteiger partial charge on any atom is 0.166 e. The van der Waals surface area contributed by atoms with Crippen LogP contribution in [0.3, 0.4) is 0 Å². The number of nitrogens with two attached hydrogens (primary N) is 1. The van der Waals surface area contributed by atoms with Crippen LogP contribution in [0.2, 0.25) is 0 Å². The molecule has 0 amide bonds. The molecule has 11 nitrogen and oxygen atoms in total. The number of hydrogen-bond acceptors (Lipinski definition) is 8. The van der Waals surface area contributed by atoms with Crippen molar-refractivity contribution in [3.05, 3.63) is 22.5 Å². The average Bonchev–Trinajstić information content (AvgIpc) is 3.17. The van der Waals surface area contributed by atoms with Gasteiger partial charge in [-0.25, -0.2) is 9.98 Å². The van der Waals surface area contributed by atoms with Gasteiger partial charge in [0, 0.05) is 4.91 Å². The first-order chi connectivity index (χ1) is 11.5. The summed E-state index contributed by atoms with van der Waals surface area (Å²) in [6.45, 7) is 4.23. The molecule has 0 radical (unpaired) electrons. The van der Waals surface area contributed by atoms with Crippen molar-refractivity contribution in [3.63, 3.8) is 0 Å². The van der Waals surface area contributed by atoms with Crippen LogP contribution in [0.25, 0.3) is 10.4 Å². The zero-order valence-corrected chi connectivity index (χ0v) is 13.3. The fourth-order valence-corrected chi connectivity index (χ4v) is 3.34. The Kier molecular flexibility index (Phi) is 3.39. The molecule has 2 saturated heterocycles. The van der Waals surface area contributed by atoms with E-state index in [1.165, 1.54) is 0 Å². The van der Waals surface area contributed by atoms with E-state index in [9.17, 15) is 0 Å². The van der Waals surface area contributed by atoms with E-state index in [0.29, 0.717) is 18.2 Å². The molecule has 11 heteroatoms. The molecule has 4 heterocycles. The molecule has 0 aliphatic carbocycles. The normalized spacial score (nSPS) is 33.2. The summed E-state index contributed by atoms with van der Waals surface area (Å²) in [4.78, 5) is 11.2. The second kappa shape index (κ2) is 5.35. The Morgan fingerprint density at radius 1 is 1.50 bits per heavy atom. The van der Waals surface area contributed by atoms with Crippen molar-refractivity contribution < 1.29 is 14.2 Å². The summed E-state index contributed by atoms with van der Waals surface area (Å²) in [6.07, 6.45) is 0.0930. The fraction of sp³-hybridized carbons (Fsp3) is 0.692. The highest BCUT2D eigenvalue weighted by molar-refractivity contribution is 6.01. The van der Waals surface area contributed by atoms with Gasteiger partial charge < -0.3 is 25.3 Å². The van der Waals surface area contributed by atoms with E-state index in [2.05, 4.69) is 25.3 Å². The van der Waals surface area contributed by atoms with Crippen LogP contribution < -0.4 is 11.1 Å². The maximum absolute atomic E-state index is 8.59. The number of aromatic nitrogens is 2. The van der Waals surface area contributed by atoms with E-state index in [1.54, 1.807) is 6.33 Å². The molecule has 24 heavy (non-hydrogen) atoms. The van der Waals surface area contributed by atoms with Gasteiger partial charge in [0.25, 0.3) is 0 Å². The van der Waals surface area contributed by atoms with Gasteiger partial charge in [-0.1, -0.05) is 5.11 Å². The van der Waals surface area contributed by atoms with Crippen LogP contribution in [0.1, 0.15) is 25.8 Å². The summed E-state index contributed by atoms with van der Waals surface area (Å²) in [6, 6.07) is 0. The number of ether oxygens (including phenoxy) is 3. The van der Waals surface area contributed by atoms with Gasteiger partial charge in [-0.3, -0.25) is 4.57 Å². The van der Waals surface area contributed by atoms with Gasteiger partial charge in [-0.05, 0) is 19.4 Å². The number of amidine groups is 1. The van der Waals surface area contributed by atoms with Crippen LogP contribution in [0, 0.1) is 0 Å². The van der Waals surface area contributed by atoms with Crippen LogP contribution in [0.4, 0.5) is 5.82 Å². The lowest BCUT2D eigenvalue weighted by atomic mass is 10.1. The minimum atomic E-state index is -0.736. The molecule has 128 valence electrons. The number of hydrogen-bond donors (Lipinski definition) is 2. The molecule has 1 aromatic rings. The van der Waals surface area contributed by atoms with Crippen LogP contribution in [-0.2, 0) is 14.2 Å². The second-order valence-corrected chi connectivity index (χ2v) is 6.27. The molecule has 0 bridgehead atoms. The molecular weight excluding hydrogens is 316 g/mol. The molecular formula is C13H18N8O3. The molecule has 4 rings (SSSR count). The molecule has 3 aliphatic heterocycles. The number of azide groups is 1. The topological polar surface area (TPSA) is 145 Å². The van der Waals surface area contributed by atoms with Crippen LogP contribution in [0.15, 0.2) is 16.4 Å². The summed E-state index contributed by atoms with van der Waals surface area (Å²) >= 11 is 0. The highest BCUT2D eigenvalue weighted by Gasteiger charge is 2.56. The van der Waals surface area contributed by atoms with Crippen molar-refractivity contribution in [2.24, 2.45) is 15.8 Å². The molecule has 3 aliphatic rings.